The first-order valence-electron chi connectivity index (χ1n) is 6.26. The molecule has 2 heteroatoms. The van der Waals surface area contributed by atoms with Crippen LogP contribution in [0.2, 0.25) is 0 Å². The summed E-state index contributed by atoms with van der Waals surface area (Å²) >= 11 is 0. The third-order valence-electron chi connectivity index (χ3n) is 3.43. The zero-order valence-electron chi connectivity index (χ0n) is 9.55. The summed E-state index contributed by atoms with van der Waals surface area (Å²) in [6.45, 7) is 6.96. The van der Waals surface area contributed by atoms with Crippen molar-refractivity contribution in [1.82, 2.24) is 10.6 Å². The molecule has 2 nitrogen and oxygen atoms in total. The van der Waals surface area contributed by atoms with Crippen LogP contribution in [0, 0.1) is 11.8 Å². The fourth-order valence-corrected chi connectivity index (χ4v) is 2.28. The molecular formula is C12H24N2. The normalized spacial score (nSPS) is 33.0. The van der Waals surface area contributed by atoms with Gasteiger partial charge in [0.25, 0.3) is 0 Å². The van der Waals surface area contributed by atoms with E-state index < -0.39 is 0 Å². The summed E-state index contributed by atoms with van der Waals surface area (Å²) in [4.78, 5) is 0. The van der Waals surface area contributed by atoms with Crippen molar-refractivity contribution in [3.8, 4) is 0 Å². The zero-order chi connectivity index (χ0) is 9.97. The van der Waals surface area contributed by atoms with E-state index in [2.05, 4.69) is 24.5 Å². The van der Waals surface area contributed by atoms with Gasteiger partial charge in [-0.05, 0) is 50.6 Å². The van der Waals surface area contributed by atoms with Crippen molar-refractivity contribution in [3.05, 3.63) is 0 Å². The molecule has 14 heavy (non-hydrogen) atoms. The number of hydrogen-bond acceptors (Lipinski definition) is 2. The molecule has 0 bridgehead atoms. The quantitative estimate of drug-likeness (QED) is 0.648. The molecule has 2 aliphatic carbocycles. The molecule has 3 unspecified atom stereocenters. The van der Waals surface area contributed by atoms with E-state index in [-0.39, 0.29) is 0 Å². The lowest BCUT2D eigenvalue weighted by atomic mass is 10.0. The lowest BCUT2D eigenvalue weighted by Crippen LogP contribution is -2.24. The highest BCUT2D eigenvalue weighted by Gasteiger charge is 2.36. The Labute approximate surface area is 87.8 Å². The van der Waals surface area contributed by atoms with E-state index >= 15 is 0 Å². The summed E-state index contributed by atoms with van der Waals surface area (Å²) in [6.07, 6.45) is 5.66. The maximum Gasteiger partial charge on any atom is 0.00991 e. The van der Waals surface area contributed by atoms with E-state index in [0.29, 0.717) is 0 Å². The average Bonchev–Trinajstić information content (AvgIpc) is 3.00. The molecule has 3 atom stereocenters. The molecule has 0 aromatic heterocycles. The average molecular weight is 196 g/mol. The highest BCUT2D eigenvalue weighted by molar-refractivity contribution is 4.93. The molecule has 2 aliphatic rings. The van der Waals surface area contributed by atoms with E-state index in [4.69, 9.17) is 0 Å². The second-order valence-corrected chi connectivity index (χ2v) is 5.18. The van der Waals surface area contributed by atoms with Gasteiger partial charge in [0, 0.05) is 12.1 Å². The highest BCUT2D eigenvalue weighted by atomic mass is 15.0. The Hall–Kier alpha value is -0.0800. The van der Waals surface area contributed by atoms with Crippen molar-refractivity contribution in [3.63, 3.8) is 0 Å². The molecule has 2 saturated carbocycles. The fraction of sp³-hybridized carbons (Fsp3) is 1.00. The molecule has 0 aliphatic heterocycles. The maximum absolute atomic E-state index is 3.62. The first-order chi connectivity index (χ1) is 6.79. The Morgan fingerprint density at radius 2 is 2.07 bits per heavy atom. The van der Waals surface area contributed by atoms with Gasteiger partial charge in [-0.3, -0.25) is 0 Å². The van der Waals surface area contributed by atoms with Gasteiger partial charge < -0.3 is 10.6 Å². The number of nitrogens with one attached hydrogen (secondary N) is 2. The Morgan fingerprint density at radius 1 is 1.29 bits per heavy atom. The van der Waals surface area contributed by atoms with Crippen LogP contribution in [0.15, 0.2) is 0 Å². The molecule has 2 N–H and O–H groups in total. The van der Waals surface area contributed by atoms with Crippen LogP contribution in [0.5, 0.6) is 0 Å². The Balaban J connectivity index is 1.51. The van der Waals surface area contributed by atoms with E-state index in [9.17, 15) is 0 Å². The molecule has 2 fully saturated rings. The monoisotopic (exact) mass is 196 g/mol. The Morgan fingerprint density at radius 3 is 2.71 bits per heavy atom. The van der Waals surface area contributed by atoms with Gasteiger partial charge in [-0.15, -0.1) is 0 Å². The van der Waals surface area contributed by atoms with Gasteiger partial charge in [0.05, 0.1) is 0 Å². The predicted octanol–water partition coefficient (Wildman–Crippen LogP) is 1.76. The lowest BCUT2D eigenvalue weighted by molar-refractivity contribution is 0.443. The number of hydrogen-bond donors (Lipinski definition) is 2. The van der Waals surface area contributed by atoms with Crippen molar-refractivity contribution < 1.29 is 0 Å². The summed E-state index contributed by atoms with van der Waals surface area (Å²) in [7, 11) is 0. The summed E-state index contributed by atoms with van der Waals surface area (Å²) in [5, 5.41) is 7.15. The van der Waals surface area contributed by atoms with Crippen LogP contribution in [-0.2, 0) is 0 Å². The minimum Gasteiger partial charge on any atom is -0.314 e. The van der Waals surface area contributed by atoms with E-state index in [1.54, 1.807) is 0 Å². The SMILES string of the molecule is CCNC1CC1CC(C)CNC1CC1. The van der Waals surface area contributed by atoms with Gasteiger partial charge >= 0.3 is 0 Å². The Kier molecular flexibility index (Phi) is 3.45. The minimum absolute atomic E-state index is 0.850. The third kappa shape index (κ3) is 3.25. The number of rotatable bonds is 7. The molecule has 0 aromatic rings. The molecule has 0 aromatic carbocycles. The molecule has 0 amide bonds. The van der Waals surface area contributed by atoms with Crippen LogP contribution < -0.4 is 10.6 Å². The summed E-state index contributed by atoms with van der Waals surface area (Å²) < 4.78 is 0. The topological polar surface area (TPSA) is 24.1 Å². The second-order valence-electron chi connectivity index (χ2n) is 5.18. The maximum atomic E-state index is 3.62. The van der Waals surface area contributed by atoms with Gasteiger partial charge in [0.1, 0.15) is 0 Å². The predicted molar refractivity (Wildman–Crippen MR) is 60.4 cm³/mol. The highest BCUT2D eigenvalue weighted by Crippen LogP contribution is 2.36. The van der Waals surface area contributed by atoms with Crippen molar-refractivity contribution in [1.29, 1.82) is 0 Å². The van der Waals surface area contributed by atoms with Crippen LogP contribution >= 0.6 is 0 Å². The first kappa shape index (κ1) is 10.4. The van der Waals surface area contributed by atoms with Gasteiger partial charge in [-0.25, -0.2) is 0 Å². The van der Waals surface area contributed by atoms with E-state index in [0.717, 1.165) is 30.5 Å². The van der Waals surface area contributed by atoms with Crippen LogP contribution in [0.25, 0.3) is 0 Å². The summed E-state index contributed by atoms with van der Waals surface area (Å²) in [5.41, 5.74) is 0. The lowest BCUT2D eigenvalue weighted by Gasteiger charge is -2.11. The molecule has 0 radical (unpaired) electrons. The fourth-order valence-electron chi connectivity index (χ4n) is 2.28. The molecule has 2 rings (SSSR count). The molecule has 82 valence electrons. The summed E-state index contributed by atoms with van der Waals surface area (Å²) in [6, 6.07) is 1.73. The van der Waals surface area contributed by atoms with Crippen LogP contribution in [0.3, 0.4) is 0 Å². The van der Waals surface area contributed by atoms with Gasteiger partial charge in [-0.2, -0.15) is 0 Å². The molecule has 0 heterocycles. The molecular weight excluding hydrogens is 172 g/mol. The van der Waals surface area contributed by atoms with Gasteiger partial charge in [-0.1, -0.05) is 13.8 Å². The Bertz CT molecular complexity index is 177. The molecule has 0 spiro atoms. The minimum atomic E-state index is 0.850. The molecule has 0 saturated heterocycles. The van der Waals surface area contributed by atoms with Gasteiger partial charge in [0.15, 0.2) is 0 Å². The third-order valence-corrected chi connectivity index (χ3v) is 3.43. The smallest absolute Gasteiger partial charge is 0.00991 e. The van der Waals surface area contributed by atoms with Crippen molar-refractivity contribution in [2.45, 2.75) is 51.6 Å². The standard InChI is InChI=1S/C12H24N2/c1-3-13-12-7-10(12)6-9(2)8-14-11-4-5-11/h9-14H,3-8H2,1-2H3. The second kappa shape index (κ2) is 4.63. The largest absolute Gasteiger partial charge is 0.314 e. The zero-order valence-corrected chi connectivity index (χ0v) is 9.55. The van der Waals surface area contributed by atoms with Gasteiger partial charge in [0.2, 0.25) is 0 Å². The van der Waals surface area contributed by atoms with E-state index in [1.807, 2.05) is 0 Å². The first-order valence-corrected chi connectivity index (χ1v) is 6.26. The van der Waals surface area contributed by atoms with Crippen LogP contribution in [0.4, 0.5) is 0 Å². The van der Waals surface area contributed by atoms with Crippen molar-refractivity contribution in [2.24, 2.45) is 11.8 Å². The van der Waals surface area contributed by atoms with Crippen molar-refractivity contribution in [2.75, 3.05) is 13.1 Å². The van der Waals surface area contributed by atoms with Crippen LogP contribution in [0.1, 0.15) is 39.5 Å². The summed E-state index contributed by atoms with van der Waals surface area (Å²) in [5.74, 6) is 1.84. The van der Waals surface area contributed by atoms with Crippen molar-refractivity contribution >= 4 is 0 Å². The van der Waals surface area contributed by atoms with Crippen LogP contribution in [-0.4, -0.2) is 25.2 Å². The van der Waals surface area contributed by atoms with E-state index in [1.165, 1.54) is 32.2 Å².